The topological polar surface area (TPSA) is 12.5 Å². The third-order valence-electron chi connectivity index (χ3n) is 4.05. The lowest BCUT2D eigenvalue weighted by Gasteiger charge is -2.17. The van der Waals surface area contributed by atoms with E-state index in [1.54, 1.807) is 0 Å². The predicted molar refractivity (Wildman–Crippen MR) is 63.4 cm³/mol. The van der Waals surface area contributed by atoms with Gasteiger partial charge in [0.25, 0.3) is 0 Å². The molecule has 1 saturated heterocycles. The van der Waals surface area contributed by atoms with Gasteiger partial charge in [-0.3, -0.25) is 0 Å². The molecule has 1 aromatic carbocycles. The first-order chi connectivity index (χ1) is 6.95. The van der Waals surface area contributed by atoms with E-state index in [9.17, 15) is 0 Å². The zero-order valence-electron chi connectivity index (χ0n) is 10.6. The van der Waals surface area contributed by atoms with E-state index in [1.165, 1.54) is 33.4 Å². The van der Waals surface area contributed by atoms with Crippen LogP contribution < -0.4 is 0 Å². The van der Waals surface area contributed by atoms with Crippen LogP contribution in [-0.2, 0) is 4.74 Å². The molecule has 1 fully saturated rings. The molecule has 2 unspecified atom stereocenters. The van der Waals surface area contributed by atoms with Gasteiger partial charge in [0.05, 0.1) is 6.10 Å². The summed E-state index contributed by atoms with van der Waals surface area (Å²) in [6.07, 6.45) is 0.756. The molecule has 0 radical (unpaired) electrons. The largest absolute Gasteiger partial charge is 0.365 e. The van der Waals surface area contributed by atoms with E-state index < -0.39 is 0 Å². The predicted octanol–water partition coefficient (Wildman–Crippen LogP) is 3.69. The second kappa shape index (κ2) is 3.34. The third-order valence-corrected chi connectivity index (χ3v) is 4.05. The van der Waals surface area contributed by atoms with Gasteiger partial charge < -0.3 is 4.74 Å². The number of ether oxygens (including phenoxy) is 1. The summed E-state index contributed by atoms with van der Waals surface area (Å²) in [7, 11) is 0. The van der Waals surface area contributed by atoms with Crippen molar-refractivity contribution in [3.63, 3.8) is 0 Å². The van der Waals surface area contributed by atoms with Crippen molar-refractivity contribution < 1.29 is 4.74 Å². The summed E-state index contributed by atoms with van der Waals surface area (Å²) in [6, 6.07) is 0. The van der Waals surface area contributed by atoms with Crippen molar-refractivity contribution >= 4 is 0 Å². The van der Waals surface area contributed by atoms with Crippen molar-refractivity contribution in [2.24, 2.45) is 0 Å². The van der Waals surface area contributed by atoms with Crippen LogP contribution in [0.2, 0.25) is 0 Å². The fourth-order valence-corrected chi connectivity index (χ4v) is 2.44. The summed E-state index contributed by atoms with van der Waals surface area (Å²) < 4.78 is 5.61. The van der Waals surface area contributed by atoms with Crippen LogP contribution in [0.1, 0.15) is 46.4 Å². The van der Waals surface area contributed by atoms with Crippen molar-refractivity contribution in [2.45, 2.75) is 53.8 Å². The number of hydrogen-bond donors (Lipinski definition) is 0. The molecule has 0 N–H and O–H groups in total. The molecular weight excluding hydrogens is 184 g/mol. The Kier molecular flexibility index (Phi) is 2.38. The maximum Gasteiger partial charge on any atom is 0.109 e. The van der Waals surface area contributed by atoms with Gasteiger partial charge in [-0.05, 0) is 74.9 Å². The van der Waals surface area contributed by atoms with Crippen LogP contribution in [0, 0.1) is 34.6 Å². The molecule has 0 saturated carbocycles. The minimum absolute atomic E-state index is 0.350. The van der Waals surface area contributed by atoms with Crippen LogP contribution in [-0.4, -0.2) is 6.10 Å². The molecule has 15 heavy (non-hydrogen) atoms. The Balaban J connectivity index is 2.64. The van der Waals surface area contributed by atoms with Crippen molar-refractivity contribution in [1.82, 2.24) is 0 Å². The van der Waals surface area contributed by atoms with Gasteiger partial charge in [0.2, 0.25) is 0 Å². The van der Waals surface area contributed by atoms with Crippen molar-refractivity contribution in [3.8, 4) is 0 Å². The molecule has 1 heterocycles. The molecular formula is C14H20O. The Morgan fingerprint density at radius 1 is 0.733 bits per heavy atom. The van der Waals surface area contributed by atoms with Crippen molar-refractivity contribution in [2.75, 3.05) is 0 Å². The summed E-state index contributed by atoms with van der Waals surface area (Å²) in [6.45, 7) is 13.2. The minimum Gasteiger partial charge on any atom is -0.365 e. The third kappa shape index (κ3) is 1.50. The molecule has 0 spiro atoms. The van der Waals surface area contributed by atoms with Crippen molar-refractivity contribution in [1.29, 1.82) is 0 Å². The van der Waals surface area contributed by atoms with Gasteiger partial charge in [0.15, 0.2) is 0 Å². The highest BCUT2D eigenvalue weighted by Gasteiger charge is 2.38. The molecule has 0 bridgehead atoms. The molecule has 1 aromatic rings. The van der Waals surface area contributed by atoms with E-state index >= 15 is 0 Å². The highest BCUT2D eigenvalue weighted by molar-refractivity contribution is 5.51. The van der Waals surface area contributed by atoms with Crippen LogP contribution in [0.3, 0.4) is 0 Å². The van der Waals surface area contributed by atoms with E-state index in [4.69, 9.17) is 4.74 Å². The van der Waals surface area contributed by atoms with Crippen LogP contribution in [0.15, 0.2) is 0 Å². The first-order valence-electron chi connectivity index (χ1n) is 5.67. The second-order valence-corrected chi connectivity index (χ2v) is 4.80. The molecule has 0 aliphatic carbocycles. The molecule has 0 aromatic heterocycles. The van der Waals surface area contributed by atoms with Crippen molar-refractivity contribution in [3.05, 3.63) is 33.4 Å². The van der Waals surface area contributed by atoms with Crippen LogP contribution in [0.25, 0.3) is 0 Å². The Labute approximate surface area is 92.5 Å². The molecule has 2 atom stereocenters. The molecule has 1 heteroatoms. The van der Waals surface area contributed by atoms with Gasteiger partial charge in [-0.15, -0.1) is 0 Å². The van der Waals surface area contributed by atoms with E-state index in [1.807, 2.05) is 0 Å². The summed E-state index contributed by atoms with van der Waals surface area (Å²) in [5, 5.41) is 0. The fraction of sp³-hybridized carbons (Fsp3) is 0.571. The molecule has 1 aliphatic rings. The van der Waals surface area contributed by atoms with Gasteiger partial charge in [-0.1, -0.05) is 0 Å². The summed E-state index contributed by atoms with van der Waals surface area (Å²) in [4.78, 5) is 0. The van der Waals surface area contributed by atoms with E-state index in [2.05, 4.69) is 41.5 Å². The van der Waals surface area contributed by atoms with Gasteiger partial charge >= 0.3 is 0 Å². The Hall–Kier alpha value is -0.820. The maximum atomic E-state index is 5.61. The fourth-order valence-electron chi connectivity index (χ4n) is 2.44. The normalized spacial score (nSPS) is 24.4. The van der Waals surface area contributed by atoms with Crippen LogP contribution >= 0.6 is 0 Å². The SMILES string of the molecule is Cc1c(C)c(C)c(C2OC2C)c(C)c1C. The second-order valence-electron chi connectivity index (χ2n) is 4.80. The Morgan fingerprint density at radius 2 is 1.07 bits per heavy atom. The lowest BCUT2D eigenvalue weighted by molar-refractivity contribution is 0.382. The smallest absolute Gasteiger partial charge is 0.109 e. The Bertz CT molecular complexity index is 389. The quantitative estimate of drug-likeness (QED) is 0.636. The van der Waals surface area contributed by atoms with Gasteiger partial charge in [-0.2, -0.15) is 0 Å². The number of hydrogen-bond acceptors (Lipinski definition) is 1. The zero-order chi connectivity index (χ0) is 11.3. The molecule has 0 amide bonds. The van der Waals surface area contributed by atoms with E-state index in [0.29, 0.717) is 12.2 Å². The van der Waals surface area contributed by atoms with Crippen LogP contribution in [0.4, 0.5) is 0 Å². The average molecular weight is 204 g/mol. The average Bonchev–Trinajstić information content (AvgIpc) is 2.90. The maximum absolute atomic E-state index is 5.61. The lowest BCUT2D eigenvalue weighted by Crippen LogP contribution is -2.02. The highest BCUT2D eigenvalue weighted by Crippen LogP contribution is 2.43. The monoisotopic (exact) mass is 204 g/mol. The zero-order valence-corrected chi connectivity index (χ0v) is 10.6. The molecule has 1 aliphatic heterocycles. The molecule has 1 nitrogen and oxygen atoms in total. The van der Waals surface area contributed by atoms with Gasteiger partial charge in [0, 0.05) is 0 Å². The number of benzene rings is 1. The first-order valence-corrected chi connectivity index (χ1v) is 5.67. The summed E-state index contributed by atoms with van der Waals surface area (Å²) in [5.41, 5.74) is 8.56. The summed E-state index contributed by atoms with van der Waals surface area (Å²) >= 11 is 0. The van der Waals surface area contributed by atoms with E-state index in [-0.39, 0.29) is 0 Å². The molecule has 2 rings (SSSR count). The number of epoxide rings is 1. The van der Waals surface area contributed by atoms with Gasteiger partial charge in [0.1, 0.15) is 6.10 Å². The van der Waals surface area contributed by atoms with Gasteiger partial charge in [-0.25, -0.2) is 0 Å². The summed E-state index contributed by atoms with van der Waals surface area (Å²) in [5.74, 6) is 0. The highest BCUT2D eigenvalue weighted by atomic mass is 16.6. The minimum atomic E-state index is 0.350. The first kappa shape index (κ1) is 10.7. The standard InChI is InChI=1S/C14H20O/c1-7-8(2)10(4)13(11(5)9(7)3)14-12(6)15-14/h12,14H,1-6H3. The Morgan fingerprint density at radius 3 is 1.40 bits per heavy atom. The van der Waals surface area contributed by atoms with Crippen LogP contribution in [0.5, 0.6) is 0 Å². The number of rotatable bonds is 1. The lowest BCUT2D eigenvalue weighted by atomic mass is 9.88. The van der Waals surface area contributed by atoms with E-state index in [0.717, 1.165) is 0 Å². The molecule has 82 valence electrons.